The lowest BCUT2D eigenvalue weighted by Crippen LogP contribution is -2.34. The van der Waals surface area contributed by atoms with Crippen LogP contribution in [0.3, 0.4) is 0 Å². The molecule has 0 unspecified atom stereocenters. The molecular weight excluding hydrogens is 234 g/mol. The summed E-state index contributed by atoms with van der Waals surface area (Å²) >= 11 is 1.80. The van der Waals surface area contributed by atoms with Crippen LogP contribution in [0.5, 0.6) is 0 Å². The molecule has 5 heteroatoms. The summed E-state index contributed by atoms with van der Waals surface area (Å²) in [7, 11) is 0. The van der Waals surface area contributed by atoms with Crippen LogP contribution in [0.25, 0.3) is 0 Å². The Balaban J connectivity index is 1.68. The molecular formula is C12H19N3OS. The normalized spacial score (nSPS) is 15.4. The smallest absolute Gasteiger partial charge is 0.317 e. The maximum absolute atomic E-state index is 11.3. The SMILES string of the molecule is CCc1ccsc1CNCCN1CCNC1=O. The fourth-order valence-corrected chi connectivity index (χ4v) is 2.92. The molecule has 2 heterocycles. The predicted molar refractivity (Wildman–Crippen MR) is 70.4 cm³/mol. The van der Waals surface area contributed by atoms with Gasteiger partial charge >= 0.3 is 6.03 Å². The minimum atomic E-state index is 0.0668. The van der Waals surface area contributed by atoms with Gasteiger partial charge in [0.05, 0.1) is 0 Å². The molecule has 0 atom stereocenters. The summed E-state index contributed by atoms with van der Waals surface area (Å²) in [5.41, 5.74) is 1.43. The van der Waals surface area contributed by atoms with Gasteiger partial charge in [0.1, 0.15) is 0 Å². The molecule has 1 aliphatic heterocycles. The number of aryl methyl sites for hydroxylation is 1. The number of amides is 2. The van der Waals surface area contributed by atoms with Gasteiger partial charge in [0.2, 0.25) is 0 Å². The van der Waals surface area contributed by atoms with Gasteiger partial charge in [-0.3, -0.25) is 0 Å². The second-order valence-electron chi connectivity index (χ2n) is 4.12. The first-order valence-electron chi connectivity index (χ1n) is 6.10. The van der Waals surface area contributed by atoms with Gasteiger partial charge in [0, 0.05) is 37.6 Å². The summed E-state index contributed by atoms with van der Waals surface area (Å²) < 4.78 is 0. The quantitative estimate of drug-likeness (QED) is 0.753. The summed E-state index contributed by atoms with van der Waals surface area (Å²) in [6, 6.07) is 2.26. The Labute approximate surface area is 106 Å². The molecule has 0 saturated carbocycles. The fourth-order valence-electron chi connectivity index (χ4n) is 1.98. The van der Waals surface area contributed by atoms with Crippen LogP contribution in [0, 0.1) is 0 Å². The Kier molecular flexibility index (Phi) is 4.39. The molecule has 0 radical (unpaired) electrons. The highest BCUT2D eigenvalue weighted by molar-refractivity contribution is 7.10. The van der Waals surface area contributed by atoms with Crippen LogP contribution in [0.2, 0.25) is 0 Å². The van der Waals surface area contributed by atoms with E-state index < -0.39 is 0 Å². The largest absolute Gasteiger partial charge is 0.336 e. The van der Waals surface area contributed by atoms with E-state index in [-0.39, 0.29) is 6.03 Å². The summed E-state index contributed by atoms with van der Waals surface area (Å²) in [6.45, 7) is 6.35. The number of rotatable bonds is 6. The standard InChI is InChI=1S/C12H19N3OS/c1-2-10-3-8-17-11(10)9-13-4-6-15-7-5-14-12(15)16/h3,8,13H,2,4-7,9H2,1H3,(H,14,16). The number of hydrogen-bond donors (Lipinski definition) is 2. The number of thiophene rings is 1. The van der Waals surface area contributed by atoms with E-state index in [1.807, 2.05) is 4.90 Å². The van der Waals surface area contributed by atoms with Crippen LogP contribution >= 0.6 is 11.3 Å². The number of nitrogens with one attached hydrogen (secondary N) is 2. The molecule has 1 fully saturated rings. The van der Waals surface area contributed by atoms with Crippen molar-refractivity contribution in [1.29, 1.82) is 0 Å². The average Bonchev–Trinajstić information content (AvgIpc) is 2.93. The molecule has 2 rings (SSSR count). The lowest BCUT2D eigenvalue weighted by molar-refractivity contribution is 0.217. The molecule has 94 valence electrons. The number of carbonyl (C=O) groups excluding carboxylic acids is 1. The Bertz CT molecular complexity index is 378. The molecule has 0 aromatic carbocycles. The number of carbonyl (C=O) groups is 1. The first-order valence-corrected chi connectivity index (χ1v) is 6.98. The lowest BCUT2D eigenvalue weighted by atomic mass is 10.2. The third-order valence-corrected chi connectivity index (χ3v) is 3.97. The topological polar surface area (TPSA) is 44.4 Å². The van der Waals surface area contributed by atoms with Crippen LogP contribution in [-0.4, -0.2) is 37.1 Å². The van der Waals surface area contributed by atoms with E-state index in [9.17, 15) is 4.79 Å². The van der Waals surface area contributed by atoms with Crippen molar-refractivity contribution in [3.8, 4) is 0 Å². The van der Waals surface area contributed by atoms with Crippen LogP contribution in [0.15, 0.2) is 11.4 Å². The lowest BCUT2D eigenvalue weighted by Gasteiger charge is -2.14. The van der Waals surface area contributed by atoms with Crippen LogP contribution in [0.4, 0.5) is 4.79 Å². The van der Waals surface area contributed by atoms with Gasteiger partial charge in [-0.05, 0) is 23.4 Å². The van der Waals surface area contributed by atoms with E-state index in [0.29, 0.717) is 0 Å². The van der Waals surface area contributed by atoms with Crippen LogP contribution in [0.1, 0.15) is 17.4 Å². The Morgan fingerprint density at radius 3 is 3.18 bits per heavy atom. The van der Waals surface area contributed by atoms with Crippen molar-refractivity contribution in [3.63, 3.8) is 0 Å². The van der Waals surface area contributed by atoms with Crippen molar-refractivity contribution in [2.45, 2.75) is 19.9 Å². The zero-order valence-corrected chi connectivity index (χ0v) is 11.0. The van der Waals surface area contributed by atoms with Crippen molar-refractivity contribution >= 4 is 17.4 Å². The summed E-state index contributed by atoms with van der Waals surface area (Å²) in [6.07, 6.45) is 1.09. The number of hydrogen-bond acceptors (Lipinski definition) is 3. The van der Waals surface area contributed by atoms with E-state index in [1.54, 1.807) is 11.3 Å². The van der Waals surface area contributed by atoms with Gasteiger partial charge < -0.3 is 15.5 Å². The molecule has 2 amide bonds. The second kappa shape index (κ2) is 6.02. The minimum Gasteiger partial charge on any atom is -0.336 e. The van der Waals surface area contributed by atoms with E-state index in [1.165, 1.54) is 10.4 Å². The average molecular weight is 253 g/mol. The zero-order chi connectivity index (χ0) is 12.1. The summed E-state index contributed by atoms with van der Waals surface area (Å²) in [5.74, 6) is 0. The molecule has 2 N–H and O–H groups in total. The zero-order valence-electron chi connectivity index (χ0n) is 10.2. The van der Waals surface area contributed by atoms with Crippen molar-refractivity contribution in [2.75, 3.05) is 26.2 Å². The first-order chi connectivity index (χ1) is 8.31. The first kappa shape index (κ1) is 12.4. The minimum absolute atomic E-state index is 0.0668. The third-order valence-electron chi connectivity index (χ3n) is 3.01. The third kappa shape index (κ3) is 3.20. The van der Waals surface area contributed by atoms with E-state index in [2.05, 4.69) is 29.0 Å². The van der Waals surface area contributed by atoms with Gasteiger partial charge in [-0.15, -0.1) is 11.3 Å². The molecule has 1 aromatic rings. The van der Waals surface area contributed by atoms with Gasteiger partial charge in [-0.1, -0.05) is 6.92 Å². The molecule has 1 aliphatic rings. The predicted octanol–water partition coefficient (Wildman–Crippen LogP) is 1.43. The number of urea groups is 1. The molecule has 0 bridgehead atoms. The monoisotopic (exact) mass is 253 g/mol. The molecule has 1 aromatic heterocycles. The highest BCUT2D eigenvalue weighted by Gasteiger charge is 2.18. The maximum atomic E-state index is 11.3. The maximum Gasteiger partial charge on any atom is 0.317 e. The summed E-state index contributed by atoms with van der Waals surface area (Å²) in [5, 5.41) is 8.34. The summed E-state index contributed by atoms with van der Waals surface area (Å²) in [4.78, 5) is 14.6. The Hall–Kier alpha value is -1.07. The molecule has 4 nitrogen and oxygen atoms in total. The van der Waals surface area contributed by atoms with Gasteiger partial charge in [0.15, 0.2) is 0 Å². The Morgan fingerprint density at radius 2 is 2.47 bits per heavy atom. The van der Waals surface area contributed by atoms with Gasteiger partial charge in [-0.2, -0.15) is 0 Å². The van der Waals surface area contributed by atoms with E-state index >= 15 is 0 Å². The molecule has 17 heavy (non-hydrogen) atoms. The van der Waals surface area contributed by atoms with Crippen LogP contribution in [-0.2, 0) is 13.0 Å². The van der Waals surface area contributed by atoms with Crippen molar-refractivity contribution in [1.82, 2.24) is 15.5 Å². The van der Waals surface area contributed by atoms with E-state index in [4.69, 9.17) is 0 Å². The van der Waals surface area contributed by atoms with E-state index in [0.717, 1.165) is 39.1 Å². The fraction of sp³-hybridized carbons (Fsp3) is 0.583. The number of nitrogens with zero attached hydrogens (tertiary/aromatic N) is 1. The van der Waals surface area contributed by atoms with Crippen molar-refractivity contribution in [2.24, 2.45) is 0 Å². The van der Waals surface area contributed by atoms with Gasteiger partial charge in [0.25, 0.3) is 0 Å². The van der Waals surface area contributed by atoms with Crippen LogP contribution < -0.4 is 10.6 Å². The second-order valence-corrected chi connectivity index (χ2v) is 5.12. The highest BCUT2D eigenvalue weighted by atomic mass is 32.1. The highest BCUT2D eigenvalue weighted by Crippen LogP contribution is 2.16. The molecule has 0 spiro atoms. The molecule has 1 saturated heterocycles. The molecule has 0 aliphatic carbocycles. The van der Waals surface area contributed by atoms with Crippen molar-refractivity contribution < 1.29 is 4.79 Å². The van der Waals surface area contributed by atoms with Gasteiger partial charge in [-0.25, -0.2) is 4.79 Å². The Morgan fingerprint density at radius 1 is 1.59 bits per heavy atom. The van der Waals surface area contributed by atoms with Crippen molar-refractivity contribution in [3.05, 3.63) is 21.9 Å².